The highest BCUT2D eigenvalue weighted by Gasteiger charge is 2.33. The minimum atomic E-state index is 0.108. The van der Waals surface area contributed by atoms with Crippen LogP contribution in [-0.2, 0) is 4.79 Å². The van der Waals surface area contributed by atoms with E-state index in [0.29, 0.717) is 16.9 Å². The van der Waals surface area contributed by atoms with E-state index in [9.17, 15) is 4.79 Å². The summed E-state index contributed by atoms with van der Waals surface area (Å²) >= 11 is 1.80. The van der Waals surface area contributed by atoms with Crippen molar-refractivity contribution in [1.29, 1.82) is 0 Å². The average Bonchev–Trinajstić information content (AvgIpc) is 2.77. The molecule has 5 heteroatoms. The van der Waals surface area contributed by atoms with Crippen molar-refractivity contribution in [2.24, 2.45) is 5.92 Å². The summed E-state index contributed by atoms with van der Waals surface area (Å²) in [6.07, 6.45) is 8.58. The first-order valence-electron chi connectivity index (χ1n) is 7.65. The summed E-state index contributed by atoms with van der Waals surface area (Å²) in [4.78, 5) is 12.0. The Morgan fingerprint density at radius 1 is 1.35 bits per heavy atom. The summed E-state index contributed by atoms with van der Waals surface area (Å²) in [5.41, 5.74) is 1.24. The van der Waals surface area contributed by atoms with Gasteiger partial charge in [0.25, 0.3) is 0 Å². The monoisotopic (exact) mass is 293 g/mol. The van der Waals surface area contributed by atoms with E-state index in [4.69, 9.17) is 0 Å². The van der Waals surface area contributed by atoms with Crippen LogP contribution in [0.2, 0.25) is 0 Å². The zero-order valence-corrected chi connectivity index (χ0v) is 13.1. The van der Waals surface area contributed by atoms with Gasteiger partial charge in [0.1, 0.15) is 5.82 Å². The quantitative estimate of drug-likeness (QED) is 0.903. The van der Waals surface area contributed by atoms with Gasteiger partial charge in [-0.3, -0.25) is 4.79 Å². The van der Waals surface area contributed by atoms with E-state index in [1.54, 1.807) is 11.8 Å². The van der Waals surface area contributed by atoms with Gasteiger partial charge in [-0.05, 0) is 32.6 Å². The Kier molecular flexibility index (Phi) is 4.06. The normalized spacial score (nSPS) is 24.4. The number of aromatic nitrogens is 2. The smallest absolute Gasteiger partial charge is 0.235 e. The number of carbonyl (C=O) groups excluding carboxylic acids is 1. The van der Waals surface area contributed by atoms with Crippen LogP contribution in [-0.4, -0.2) is 21.4 Å². The Morgan fingerprint density at radius 2 is 2.10 bits per heavy atom. The van der Waals surface area contributed by atoms with Crippen molar-refractivity contribution in [2.75, 3.05) is 11.1 Å². The minimum absolute atomic E-state index is 0.108. The number of hydrogen-bond donors (Lipinski definition) is 1. The van der Waals surface area contributed by atoms with Gasteiger partial charge in [-0.25, -0.2) is 4.68 Å². The third-order valence-corrected chi connectivity index (χ3v) is 5.78. The summed E-state index contributed by atoms with van der Waals surface area (Å²) in [6.45, 7) is 4.21. The van der Waals surface area contributed by atoms with Crippen molar-refractivity contribution in [1.82, 2.24) is 9.78 Å². The lowest BCUT2D eigenvalue weighted by Gasteiger charge is -2.28. The maximum Gasteiger partial charge on any atom is 0.235 e. The lowest BCUT2D eigenvalue weighted by Crippen LogP contribution is -2.17. The molecule has 0 radical (unpaired) electrons. The molecule has 1 aromatic rings. The molecule has 1 aliphatic heterocycles. The molecule has 4 nitrogen and oxygen atoms in total. The molecule has 20 heavy (non-hydrogen) atoms. The molecular formula is C15H23N3OS. The maximum atomic E-state index is 12.0. The Bertz CT molecular complexity index is 491. The maximum absolute atomic E-state index is 12.0. The molecule has 1 fully saturated rings. The first kappa shape index (κ1) is 14.0. The lowest BCUT2D eigenvalue weighted by molar-refractivity contribution is -0.113. The molecule has 2 heterocycles. The summed E-state index contributed by atoms with van der Waals surface area (Å²) in [6, 6.07) is 0.272. The van der Waals surface area contributed by atoms with Crippen LogP contribution in [0.5, 0.6) is 0 Å². The van der Waals surface area contributed by atoms with Crippen molar-refractivity contribution < 1.29 is 4.79 Å². The molecule has 0 bridgehead atoms. The van der Waals surface area contributed by atoms with E-state index in [0.717, 1.165) is 5.82 Å². The van der Waals surface area contributed by atoms with Crippen molar-refractivity contribution in [3.63, 3.8) is 0 Å². The van der Waals surface area contributed by atoms with Gasteiger partial charge in [0.2, 0.25) is 5.91 Å². The molecule has 0 unspecified atom stereocenters. The highest BCUT2D eigenvalue weighted by molar-refractivity contribution is 8.00. The number of nitrogens with one attached hydrogen (secondary N) is 1. The van der Waals surface area contributed by atoms with Crippen LogP contribution >= 0.6 is 11.8 Å². The van der Waals surface area contributed by atoms with E-state index in [1.807, 2.05) is 10.9 Å². The SMILES string of the molecule is CC(C)n1ncc2c1NC(=O)CS[C@@H]2C1CCCCC1. The lowest BCUT2D eigenvalue weighted by atomic mass is 9.85. The van der Waals surface area contributed by atoms with Crippen LogP contribution in [0.3, 0.4) is 0 Å². The summed E-state index contributed by atoms with van der Waals surface area (Å²) in [5.74, 6) is 2.31. The number of nitrogens with zero attached hydrogens (tertiary/aromatic N) is 2. The fraction of sp³-hybridized carbons (Fsp3) is 0.733. The highest BCUT2D eigenvalue weighted by atomic mass is 32.2. The molecule has 0 saturated heterocycles. The summed E-state index contributed by atoms with van der Waals surface area (Å²) in [5, 5.41) is 8.00. The summed E-state index contributed by atoms with van der Waals surface area (Å²) < 4.78 is 1.95. The van der Waals surface area contributed by atoms with E-state index < -0.39 is 0 Å². The molecule has 1 N–H and O–H groups in total. The van der Waals surface area contributed by atoms with Gasteiger partial charge < -0.3 is 5.32 Å². The zero-order valence-electron chi connectivity index (χ0n) is 12.3. The third kappa shape index (κ3) is 2.60. The first-order valence-corrected chi connectivity index (χ1v) is 8.70. The van der Waals surface area contributed by atoms with E-state index >= 15 is 0 Å². The Hall–Kier alpha value is -0.970. The van der Waals surface area contributed by atoms with Crippen molar-refractivity contribution in [2.45, 2.75) is 57.2 Å². The van der Waals surface area contributed by atoms with Crippen LogP contribution in [0, 0.1) is 5.92 Å². The number of amides is 1. The Labute approximate surface area is 124 Å². The molecule has 3 rings (SSSR count). The van der Waals surface area contributed by atoms with Gasteiger partial charge in [-0.15, -0.1) is 11.8 Å². The van der Waals surface area contributed by atoms with Crippen LogP contribution < -0.4 is 5.32 Å². The van der Waals surface area contributed by atoms with Crippen molar-refractivity contribution in [3.05, 3.63) is 11.8 Å². The van der Waals surface area contributed by atoms with Gasteiger partial charge in [0.15, 0.2) is 0 Å². The zero-order chi connectivity index (χ0) is 14.1. The molecule has 1 atom stereocenters. The molecule has 0 aromatic carbocycles. The third-order valence-electron chi connectivity index (χ3n) is 4.35. The number of hydrogen-bond acceptors (Lipinski definition) is 3. The molecule has 1 amide bonds. The molecule has 1 aromatic heterocycles. The van der Waals surface area contributed by atoms with Crippen LogP contribution in [0.4, 0.5) is 5.82 Å². The number of anilines is 1. The first-order chi connectivity index (χ1) is 9.66. The highest BCUT2D eigenvalue weighted by Crippen LogP contribution is 2.47. The second kappa shape index (κ2) is 5.80. The molecule has 0 spiro atoms. The van der Waals surface area contributed by atoms with E-state index in [-0.39, 0.29) is 11.9 Å². The number of thioether (sulfide) groups is 1. The second-order valence-electron chi connectivity index (χ2n) is 6.16. The predicted octanol–water partition coefficient (Wildman–Crippen LogP) is 3.77. The van der Waals surface area contributed by atoms with Gasteiger partial charge in [-0.2, -0.15) is 5.10 Å². The predicted molar refractivity (Wildman–Crippen MR) is 83.0 cm³/mol. The van der Waals surface area contributed by atoms with E-state index in [1.165, 1.54) is 37.7 Å². The molecule has 1 saturated carbocycles. The van der Waals surface area contributed by atoms with Gasteiger partial charge in [-0.1, -0.05) is 19.3 Å². The van der Waals surface area contributed by atoms with Gasteiger partial charge >= 0.3 is 0 Å². The van der Waals surface area contributed by atoms with Crippen LogP contribution in [0.25, 0.3) is 0 Å². The minimum Gasteiger partial charge on any atom is -0.310 e. The number of carbonyl (C=O) groups is 1. The molecule has 1 aliphatic carbocycles. The van der Waals surface area contributed by atoms with Gasteiger partial charge in [0, 0.05) is 16.9 Å². The Morgan fingerprint density at radius 3 is 2.80 bits per heavy atom. The van der Waals surface area contributed by atoms with Crippen LogP contribution in [0.1, 0.15) is 62.8 Å². The number of fused-ring (bicyclic) bond motifs is 1. The largest absolute Gasteiger partial charge is 0.310 e. The molecule has 2 aliphatic rings. The second-order valence-corrected chi connectivity index (χ2v) is 7.29. The van der Waals surface area contributed by atoms with Gasteiger partial charge in [0.05, 0.1) is 11.9 Å². The van der Waals surface area contributed by atoms with Crippen molar-refractivity contribution in [3.8, 4) is 0 Å². The Balaban J connectivity index is 1.95. The molecule has 110 valence electrons. The fourth-order valence-electron chi connectivity index (χ4n) is 3.36. The topological polar surface area (TPSA) is 46.9 Å². The summed E-state index contributed by atoms with van der Waals surface area (Å²) in [7, 11) is 0. The fourth-order valence-corrected chi connectivity index (χ4v) is 4.65. The standard InChI is InChI=1S/C15H23N3OS/c1-10(2)18-15-12(8-16-18)14(20-9-13(19)17-15)11-6-4-3-5-7-11/h8,10-11,14H,3-7,9H2,1-2H3,(H,17,19)/t14-/m1/s1. The number of rotatable bonds is 2. The molecular weight excluding hydrogens is 270 g/mol. The van der Waals surface area contributed by atoms with Crippen molar-refractivity contribution >= 4 is 23.5 Å². The average molecular weight is 293 g/mol. The van der Waals surface area contributed by atoms with Crippen LogP contribution in [0.15, 0.2) is 6.20 Å². The van der Waals surface area contributed by atoms with E-state index in [2.05, 4.69) is 24.3 Å².